The Bertz CT molecular complexity index is 398. The molecule has 0 saturated carbocycles. The normalized spacial score (nSPS) is 12.4. The van der Waals surface area contributed by atoms with Crippen molar-refractivity contribution in [3.8, 4) is 11.5 Å². The maximum Gasteiger partial charge on any atom is 0.573 e. The zero-order valence-corrected chi connectivity index (χ0v) is 9.24. The highest BCUT2D eigenvalue weighted by molar-refractivity contribution is 5.47. The monoisotopic (exact) mass is 274 g/mol. The lowest BCUT2D eigenvalue weighted by molar-refractivity contribution is -0.276. The molecule has 0 aliphatic rings. The molecule has 102 valence electrons. The lowest BCUT2D eigenvalue weighted by atomic mass is 10.1. The fourth-order valence-corrected chi connectivity index (χ4v) is 1.25. The van der Waals surface area contributed by atoms with E-state index < -0.39 is 24.2 Å². The highest BCUT2D eigenvalue weighted by Gasteiger charge is 2.35. The molecule has 0 spiro atoms. The maximum absolute atomic E-state index is 12.0. The second kappa shape index (κ2) is 4.58. The van der Waals surface area contributed by atoms with Crippen molar-refractivity contribution in [2.75, 3.05) is 0 Å². The van der Waals surface area contributed by atoms with Crippen molar-refractivity contribution in [3.63, 3.8) is 0 Å². The van der Waals surface area contributed by atoms with Crippen LogP contribution in [0, 0.1) is 13.8 Å². The topological polar surface area (TPSA) is 18.5 Å². The summed E-state index contributed by atoms with van der Waals surface area (Å²) in [7, 11) is 0. The molecule has 0 atom stereocenters. The molecule has 0 N–H and O–H groups in total. The van der Waals surface area contributed by atoms with E-state index in [1.807, 2.05) is 0 Å². The Morgan fingerprint density at radius 2 is 1.11 bits per heavy atom. The molecule has 0 heterocycles. The summed E-state index contributed by atoms with van der Waals surface area (Å²) in [5, 5.41) is 0. The summed E-state index contributed by atoms with van der Waals surface area (Å²) < 4.78 is 79.5. The van der Waals surface area contributed by atoms with Gasteiger partial charge in [-0.15, -0.1) is 26.3 Å². The van der Waals surface area contributed by atoms with Gasteiger partial charge < -0.3 is 9.47 Å². The van der Waals surface area contributed by atoms with Gasteiger partial charge >= 0.3 is 12.7 Å². The number of hydrogen-bond donors (Lipinski definition) is 0. The van der Waals surface area contributed by atoms with Crippen LogP contribution in [0.3, 0.4) is 0 Å². The number of rotatable bonds is 2. The lowest BCUT2D eigenvalue weighted by Crippen LogP contribution is -2.20. The van der Waals surface area contributed by atoms with Crippen molar-refractivity contribution in [1.29, 1.82) is 0 Å². The van der Waals surface area contributed by atoms with Crippen molar-refractivity contribution >= 4 is 0 Å². The Morgan fingerprint density at radius 1 is 0.778 bits per heavy atom. The zero-order chi connectivity index (χ0) is 14.1. The molecule has 0 fully saturated rings. The summed E-state index contributed by atoms with van der Waals surface area (Å²) in [6.45, 7) is 2.37. The SMILES string of the molecule is Cc1cc(OC(F)(F)F)c(C)c(OC(F)(F)F)c1. The molecule has 1 aromatic carbocycles. The van der Waals surface area contributed by atoms with E-state index >= 15 is 0 Å². The largest absolute Gasteiger partial charge is 0.573 e. The Labute approximate surface area is 98.1 Å². The van der Waals surface area contributed by atoms with Gasteiger partial charge in [0.2, 0.25) is 0 Å². The van der Waals surface area contributed by atoms with E-state index in [4.69, 9.17) is 0 Å². The van der Waals surface area contributed by atoms with Gasteiger partial charge in [0.25, 0.3) is 0 Å². The standard InChI is InChI=1S/C10H8F6O2/c1-5-3-7(17-9(11,12)13)6(2)8(4-5)18-10(14,15)16/h3-4H,1-2H3. The predicted octanol–water partition coefficient (Wildman–Crippen LogP) is 4.10. The van der Waals surface area contributed by atoms with Gasteiger partial charge in [0.15, 0.2) is 0 Å². The van der Waals surface area contributed by atoms with Gasteiger partial charge in [0, 0.05) is 5.56 Å². The van der Waals surface area contributed by atoms with Crippen LogP contribution in [0.25, 0.3) is 0 Å². The third-order valence-electron chi connectivity index (χ3n) is 1.91. The van der Waals surface area contributed by atoms with Gasteiger partial charge in [-0.25, -0.2) is 0 Å². The van der Waals surface area contributed by atoms with E-state index in [1.165, 1.54) is 6.92 Å². The molecule has 0 bridgehead atoms. The molecule has 0 saturated heterocycles. The van der Waals surface area contributed by atoms with Gasteiger partial charge in [0.1, 0.15) is 11.5 Å². The summed E-state index contributed by atoms with van der Waals surface area (Å²) in [6, 6.07) is 1.96. The van der Waals surface area contributed by atoms with Gasteiger partial charge in [0.05, 0.1) is 0 Å². The highest BCUT2D eigenvalue weighted by atomic mass is 19.4. The number of alkyl halides is 6. The Morgan fingerprint density at radius 3 is 1.39 bits per heavy atom. The Kier molecular flexibility index (Phi) is 3.68. The minimum atomic E-state index is -4.98. The van der Waals surface area contributed by atoms with Crippen molar-refractivity contribution in [2.24, 2.45) is 0 Å². The number of hydrogen-bond acceptors (Lipinski definition) is 2. The zero-order valence-electron chi connectivity index (χ0n) is 9.24. The molecule has 2 nitrogen and oxygen atoms in total. The summed E-state index contributed by atoms with van der Waals surface area (Å²) in [4.78, 5) is 0. The van der Waals surface area contributed by atoms with E-state index in [-0.39, 0.29) is 11.1 Å². The van der Waals surface area contributed by atoms with E-state index in [9.17, 15) is 26.3 Å². The second-order valence-corrected chi connectivity index (χ2v) is 3.48. The molecule has 0 aromatic heterocycles. The smallest absolute Gasteiger partial charge is 0.405 e. The predicted molar refractivity (Wildman–Crippen MR) is 49.3 cm³/mol. The van der Waals surface area contributed by atoms with Crippen LogP contribution < -0.4 is 9.47 Å². The van der Waals surface area contributed by atoms with Crippen LogP contribution in [0.2, 0.25) is 0 Å². The summed E-state index contributed by atoms with van der Waals surface area (Å²) in [5.41, 5.74) is -0.227. The lowest BCUT2D eigenvalue weighted by Gasteiger charge is -2.16. The quantitative estimate of drug-likeness (QED) is 0.756. The average Bonchev–Trinajstić information content (AvgIpc) is 2.07. The number of aryl methyl sites for hydroxylation is 1. The van der Waals surface area contributed by atoms with Gasteiger partial charge in [-0.1, -0.05) is 0 Å². The van der Waals surface area contributed by atoms with Crippen LogP contribution >= 0.6 is 0 Å². The number of halogens is 6. The molecule has 1 aromatic rings. The van der Waals surface area contributed by atoms with Gasteiger partial charge in [-0.3, -0.25) is 0 Å². The first-order valence-corrected chi connectivity index (χ1v) is 4.61. The summed E-state index contributed by atoms with van der Waals surface area (Å²) in [5.74, 6) is -1.44. The minimum Gasteiger partial charge on any atom is -0.405 e. The molecule has 1 rings (SSSR count). The molecule has 18 heavy (non-hydrogen) atoms. The summed E-state index contributed by atoms with van der Waals surface area (Å²) in [6.07, 6.45) is -9.96. The van der Waals surface area contributed by atoms with Crippen LogP contribution in [0.5, 0.6) is 11.5 Å². The van der Waals surface area contributed by atoms with Crippen molar-refractivity contribution in [3.05, 3.63) is 23.3 Å². The first kappa shape index (κ1) is 14.5. The van der Waals surface area contributed by atoms with Gasteiger partial charge in [-0.2, -0.15) is 0 Å². The molecule has 8 heteroatoms. The second-order valence-electron chi connectivity index (χ2n) is 3.48. The van der Waals surface area contributed by atoms with Gasteiger partial charge in [-0.05, 0) is 31.5 Å². The third-order valence-corrected chi connectivity index (χ3v) is 1.91. The number of benzene rings is 1. The van der Waals surface area contributed by atoms with Crippen molar-refractivity contribution in [1.82, 2.24) is 0 Å². The Hall–Kier alpha value is -1.60. The minimum absolute atomic E-state index is 0.152. The molecular weight excluding hydrogens is 266 g/mol. The molecule has 0 aliphatic carbocycles. The molecular formula is C10H8F6O2. The van der Waals surface area contributed by atoms with Crippen LogP contribution in [-0.4, -0.2) is 12.7 Å². The van der Waals surface area contributed by atoms with Crippen molar-refractivity contribution < 1.29 is 35.8 Å². The Balaban J connectivity index is 3.14. The first-order chi connectivity index (χ1) is 7.98. The van der Waals surface area contributed by atoms with E-state index in [0.29, 0.717) is 0 Å². The first-order valence-electron chi connectivity index (χ1n) is 4.61. The van der Waals surface area contributed by atoms with Crippen LogP contribution in [0.15, 0.2) is 12.1 Å². The average molecular weight is 274 g/mol. The van der Waals surface area contributed by atoms with Crippen LogP contribution in [0.1, 0.15) is 11.1 Å². The fraction of sp³-hybridized carbons (Fsp3) is 0.400. The molecule has 0 amide bonds. The molecule has 0 radical (unpaired) electrons. The van der Waals surface area contributed by atoms with E-state index in [1.54, 1.807) is 0 Å². The third kappa shape index (κ3) is 4.34. The van der Waals surface area contributed by atoms with E-state index in [0.717, 1.165) is 19.1 Å². The van der Waals surface area contributed by atoms with Crippen molar-refractivity contribution in [2.45, 2.75) is 26.6 Å². The highest BCUT2D eigenvalue weighted by Crippen LogP contribution is 2.35. The maximum atomic E-state index is 12.0. The summed E-state index contributed by atoms with van der Waals surface area (Å²) >= 11 is 0. The fourth-order valence-electron chi connectivity index (χ4n) is 1.25. The molecule has 0 unspecified atom stereocenters. The number of ether oxygens (including phenoxy) is 2. The van der Waals surface area contributed by atoms with E-state index in [2.05, 4.69) is 9.47 Å². The van der Waals surface area contributed by atoms with Crippen LogP contribution in [-0.2, 0) is 0 Å². The van der Waals surface area contributed by atoms with Crippen LogP contribution in [0.4, 0.5) is 26.3 Å². The molecule has 0 aliphatic heterocycles.